The Kier molecular flexibility index (Phi) is 34.6. The Hall–Kier alpha value is -0.950. The number of unbranched alkanes of at least 4 members (excludes halogenated alkanes) is 25. The van der Waals surface area contributed by atoms with E-state index in [4.69, 9.17) is 0 Å². The van der Waals surface area contributed by atoms with Crippen molar-refractivity contribution in [3.63, 3.8) is 0 Å². The second kappa shape index (κ2) is 35.4. The van der Waals surface area contributed by atoms with Gasteiger partial charge in [-0.25, -0.2) is 0 Å². The fourth-order valence-corrected chi connectivity index (χ4v) is 6.23. The quantitative estimate of drug-likeness (QED) is 0.0342. The van der Waals surface area contributed by atoms with Gasteiger partial charge in [0.25, 0.3) is 0 Å². The number of amides is 1. The van der Waals surface area contributed by atoms with E-state index in [0.717, 1.165) is 38.5 Å². The molecule has 0 bridgehead atoms. The highest BCUT2D eigenvalue weighted by atomic mass is 16.3. The Morgan fingerprint density at radius 1 is 0.522 bits per heavy atom. The molecule has 0 spiro atoms. The summed E-state index contributed by atoms with van der Waals surface area (Å²) < 4.78 is 0. The zero-order valence-corrected chi connectivity index (χ0v) is 30.6. The fourth-order valence-electron chi connectivity index (χ4n) is 6.23. The summed E-state index contributed by atoms with van der Waals surface area (Å²) in [5, 5.41) is 43.4. The van der Waals surface area contributed by atoms with Gasteiger partial charge in [0.05, 0.1) is 18.8 Å². The van der Waals surface area contributed by atoms with Gasteiger partial charge in [0.1, 0.15) is 12.2 Å². The monoisotopic (exact) mass is 654 g/mol. The second-order valence-corrected chi connectivity index (χ2v) is 14.0. The molecule has 0 aliphatic carbocycles. The van der Waals surface area contributed by atoms with Crippen molar-refractivity contribution in [2.45, 2.75) is 231 Å². The molecule has 5 N–H and O–H groups in total. The Morgan fingerprint density at radius 2 is 0.891 bits per heavy atom. The molecule has 6 heteroatoms. The number of aliphatic hydroxyl groups is 4. The summed E-state index contributed by atoms with van der Waals surface area (Å²) in [6.07, 6.45) is 36.8. The highest BCUT2D eigenvalue weighted by Gasteiger charge is 2.28. The first kappa shape index (κ1) is 45.0. The van der Waals surface area contributed by atoms with E-state index in [9.17, 15) is 25.2 Å². The predicted molar refractivity (Wildman–Crippen MR) is 196 cm³/mol. The smallest absolute Gasteiger partial charge is 0.249 e. The van der Waals surface area contributed by atoms with E-state index in [1.165, 1.54) is 141 Å². The van der Waals surface area contributed by atoms with E-state index in [1.54, 1.807) is 0 Å². The summed E-state index contributed by atoms with van der Waals surface area (Å²) in [5.74, 6) is -0.594. The maximum absolute atomic E-state index is 12.4. The molecule has 0 fully saturated rings. The van der Waals surface area contributed by atoms with Crippen LogP contribution in [0.3, 0.4) is 0 Å². The van der Waals surface area contributed by atoms with Crippen molar-refractivity contribution in [2.75, 3.05) is 6.61 Å². The van der Waals surface area contributed by atoms with Crippen LogP contribution in [0, 0.1) is 0 Å². The van der Waals surface area contributed by atoms with Crippen LogP contribution in [0.5, 0.6) is 0 Å². The number of allylic oxidation sites excluding steroid dienone is 2. The maximum Gasteiger partial charge on any atom is 0.249 e. The number of rotatable bonds is 36. The number of carbonyl (C=O) groups is 1. The number of nitrogens with one attached hydrogen (secondary N) is 1. The first-order chi connectivity index (χ1) is 22.5. The van der Waals surface area contributed by atoms with Crippen LogP contribution >= 0.6 is 0 Å². The van der Waals surface area contributed by atoms with Crippen molar-refractivity contribution >= 4 is 5.91 Å². The molecule has 274 valence electrons. The topological polar surface area (TPSA) is 110 Å². The third kappa shape index (κ3) is 29.2. The van der Waals surface area contributed by atoms with Gasteiger partial charge >= 0.3 is 0 Å². The van der Waals surface area contributed by atoms with Crippen molar-refractivity contribution in [1.29, 1.82) is 0 Å². The molecule has 0 saturated carbocycles. The number of hydrogen-bond acceptors (Lipinski definition) is 5. The van der Waals surface area contributed by atoms with Gasteiger partial charge in [0.15, 0.2) is 0 Å². The summed E-state index contributed by atoms with van der Waals surface area (Å²) in [6.45, 7) is 4.01. The molecule has 1 amide bonds. The lowest BCUT2D eigenvalue weighted by atomic mass is 10.00. The van der Waals surface area contributed by atoms with Crippen LogP contribution in [-0.4, -0.2) is 57.3 Å². The highest BCUT2D eigenvalue weighted by molar-refractivity contribution is 5.80. The Bertz CT molecular complexity index is 658. The molecule has 0 aromatic carbocycles. The molecule has 0 aliphatic heterocycles. The normalized spacial score (nSPS) is 14.5. The van der Waals surface area contributed by atoms with E-state index < -0.39 is 36.9 Å². The minimum atomic E-state index is -1.28. The molecule has 4 unspecified atom stereocenters. The van der Waals surface area contributed by atoms with E-state index in [-0.39, 0.29) is 0 Å². The van der Waals surface area contributed by atoms with Gasteiger partial charge < -0.3 is 25.7 Å². The molecular weight excluding hydrogens is 574 g/mol. The van der Waals surface area contributed by atoms with Crippen molar-refractivity contribution in [1.82, 2.24) is 5.32 Å². The minimum Gasteiger partial charge on any atom is -0.394 e. The summed E-state index contributed by atoms with van der Waals surface area (Å²) in [4.78, 5) is 12.4. The Labute approximate surface area is 285 Å². The number of carbonyl (C=O) groups excluding carboxylic acids is 1. The van der Waals surface area contributed by atoms with Gasteiger partial charge in [-0.05, 0) is 38.5 Å². The molecule has 0 saturated heterocycles. The SMILES string of the molecule is CCCCCCCCCCCCCCCCC/C=C/CCCC(O)C(O)C(CO)NC(=O)C(O)CCCCCCCCCCCC. The number of aliphatic hydroxyl groups excluding tert-OH is 4. The first-order valence-electron chi connectivity index (χ1n) is 20.1. The first-order valence-corrected chi connectivity index (χ1v) is 20.1. The van der Waals surface area contributed by atoms with Gasteiger partial charge in [-0.3, -0.25) is 4.79 Å². The van der Waals surface area contributed by atoms with Crippen molar-refractivity contribution in [3.8, 4) is 0 Å². The molecule has 0 heterocycles. The standard InChI is InChI=1S/C40H79NO5/c1-3-5-7-9-11-13-15-16-17-18-19-20-21-22-23-24-26-27-29-31-33-37(43)39(45)36(35-42)41-40(46)38(44)34-32-30-28-25-14-12-10-8-6-4-2/h26-27,36-39,42-45H,3-25,28-35H2,1-2H3,(H,41,46)/b27-26+. The molecule has 46 heavy (non-hydrogen) atoms. The van der Waals surface area contributed by atoms with Gasteiger partial charge in [-0.15, -0.1) is 0 Å². The van der Waals surface area contributed by atoms with Crippen LogP contribution < -0.4 is 5.32 Å². The zero-order valence-electron chi connectivity index (χ0n) is 30.6. The average molecular weight is 654 g/mol. The van der Waals surface area contributed by atoms with Crippen LogP contribution in [0.15, 0.2) is 12.2 Å². The largest absolute Gasteiger partial charge is 0.394 e. The molecule has 0 aromatic heterocycles. The highest BCUT2D eigenvalue weighted by Crippen LogP contribution is 2.15. The fraction of sp³-hybridized carbons (Fsp3) is 0.925. The van der Waals surface area contributed by atoms with Crippen LogP contribution in [0.2, 0.25) is 0 Å². The summed E-state index contributed by atoms with van der Waals surface area (Å²) in [5.41, 5.74) is 0. The van der Waals surface area contributed by atoms with E-state index in [2.05, 4.69) is 31.3 Å². The second-order valence-electron chi connectivity index (χ2n) is 14.0. The van der Waals surface area contributed by atoms with Crippen LogP contribution in [0.4, 0.5) is 0 Å². The molecule has 0 aromatic rings. The van der Waals surface area contributed by atoms with Gasteiger partial charge in [0, 0.05) is 0 Å². The van der Waals surface area contributed by atoms with Gasteiger partial charge in [-0.2, -0.15) is 0 Å². The predicted octanol–water partition coefficient (Wildman–Crippen LogP) is 9.85. The van der Waals surface area contributed by atoms with Crippen LogP contribution in [-0.2, 0) is 4.79 Å². The van der Waals surface area contributed by atoms with Crippen molar-refractivity contribution < 1.29 is 25.2 Å². The molecule has 6 nitrogen and oxygen atoms in total. The maximum atomic E-state index is 12.4. The summed E-state index contributed by atoms with van der Waals surface area (Å²) in [6, 6.07) is -0.995. The van der Waals surface area contributed by atoms with Crippen molar-refractivity contribution in [3.05, 3.63) is 12.2 Å². The molecule has 0 aliphatic rings. The lowest BCUT2D eigenvalue weighted by Gasteiger charge is -2.27. The van der Waals surface area contributed by atoms with Crippen LogP contribution in [0.1, 0.15) is 206 Å². The van der Waals surface area contributed by atoms with Crippen LogP contribution in [0.25, 0.3) is 0 Å². The minimum absolute atomic E-state index is 0.366. The average Bonchev–Trinajstić information content (AvgIpc) is 3.06. The third-order valence-corrected chi connectivity index (χ3v) is 9.48. The van der Waals surface area contributed by atoms with Gasteiger partial charge in [0.2, 0.25) is 5.91 Å². The lowest BCUT2D eigenvalue weighted by molar-refractivity contribution is -0.132. The molecule has 0 rings (SSSR count). The van der Waals surface area contributed by atoms with E-state index >= 15 is 0 Å². The number of hydrogen-bond donors (Lipinski definition) is 5. The summed E-state index contributed by atoms with van der Waals surface area (Å²) >= 11 is 0. The zero-order chi connectivity index (χ0) is 33.9. The molecule has 4 atom stereocenters. The Balaban J connectivity index is 3.76. The van der Waals surface area contributed by atoms with Gasteiger partial charge in [-0.1, -0.05) is 180 Å². The lowest BCUT2D eigenvalue weighted by Crippen LogP contribution is -2.53. The third-order valence-electron chi connectivity index (χ3n) is 9.48. The Morgan fingerprint density at radius 3 is 1.30 bits per heavy atom. The molecular formula is C40H79NO5. The summed E-state index contributed by atoms with van der Waals surface area (Å²) in [7, 11) is 0. The van der Waals surface area contributed by atoms with Crippen molar-refractivity contribution in [2.24, 2.45) is 0 Å². The van der Waals surface area contributed by atoms with E-state index in [0.29, 0.717) is 12.8 Å². The van der Waals surface area contributed by atoms with E-state index in [1.807, 2.05) is 0 Å². The molecule has 0 radical (unpaired) electrons.